The number of aromatic amines is 1. The molecule has 0 aliphatic rings. The highest BCUT2D eigenvalue weighted by Gasteiger charge is 2.34. The fraction of sp³-hybridized carbons (Fsp3) is 0.692. The molecule has 1 aromatic heterocycles. The minimum Gasteiger partial charge on any atom is -0.335 e. The zero-order valence-electron chi connectivity index (χ0n) is 13.0. The van der Waals surface area contributed by atoms with Gasteiger partial charge in [-0.05, 0) is 26.7 Å². The van der Waals surface area contributed by atoms with Crippen LogP contribution in [0.1, 0.15) is 56.7 Å². The number of carbonyl (C=O) groups excluding carboxylic acids is 1. The van der Waals surface area contributed by atoms with Gasteiger partial charge in [0.05, 0.1) is 5.69 Å². The van der Waals surface area contributed by atoms with Crippen molar-refractivity contribution < 1.29 is 13.2 Å². The molecule has 0 spiro atoms. The molecule has 0 bridgehead atoms. The average molecular weight is 336 g/mol. The Kier molecular flexibility index (Phi) is 5.44. The van der Waals surface area contributed by atoms with Gasteiger partial charge < -0.3 is 4.90 Å². The van der Waals surface area contributed by atoms with Gasteiger partial charge in [-0.15, -0.1) is 0 Å². The highest BCUT2D eigenvalue weighted by molar-refractivity contribution is 8.13. The number of nitrogens with zero attached hydrogens (tertiary/aromatic N) is 2. The number of carbonyl (C=O) groups is 1. The van der Waals surface area contributed by atoms with Gasteiger partial charge in [0.25, 0.3) is 15.0 Å². The van der Waals surface area contributed by atoms with E-state index >= 15 is 0 Å². The number of H-pyrrole nitrogens is 1. The number of aromatic nitrogens is 2. The Morgan fingerprint density at radius 2 is 1.95 bits per heavy atom. The first-order chi connectivity index (χ1) is 9.56. The lowest BCUT2D eigenvalue weighted by Crippen LogP contribution is -2.44. The van der Waals surface area contributed by atoms with Crippen LogP contribution in [-0.4, -0.2) is 42.0 Å². The van der Waals surface area contributed by atoms with E-state index < -0.39 is 20.5 Å². The topological polar surface area (TPSA) is 83.1 Å². The lowest BCUT2D eigenvalue weighted by atomic mass is 9.99. The Labute approximate surface area is 130 Å². The van der Waals surface area contributed by atoms with Gasteiger partial charge in [0.2, 0.25) is 0 Å². The number of rotatable bonds is 6. The Hall–Kier alpha value is -1.08. The van der Waals surface area contributed by atoms with Gasteiger partial charge in [-0.25, -0.2) is 8.42 Å². The molecule has 1 heterocycles. The summed E-state index contributed by atoms with van der Waals surface area (Å²) in [4.78, 5) is 13.8. The zero-order valence-corrected chi connectivity index (χ0v) is 14.6. The van der Waals surface area contributed by atoms with Crippen LogP contribution in [0.2, 0.25) is 0 Å². The van der Waals surface area contributed by atoms with Gasteiger partial charge in [0.15, 0.2) is 5.69 Å². The first-order valence-corrected chi connectivity index (χ1v) is 9.17. The number of halogens is 1. The monoisotopic (exact) mass is 335 g/mol. The lowest BCUT2D eigenvalue weighted by Gasteiger charge is -2.34. The molecule has 0 saturated heterocycles. The van der Waals surface area contributed by atoms with E-state index in [4.69, 9.17) is 10.7 Å². The summed E-state index contributed by atoms with van der Waals surface area (Å²) in [6.45, 7) is 7.66. The van der Waals surface area contributed by atoms with Crippen LogP contribution >= 0.6 is 10.7 Å². The summed E-state index contributed by atoms with van der Waals surface area (Å²) in [6, 6.07) is 0. The molecule has 0 unspecified atom stereocenters. The van der Waals surface area contributed by atoms with Crippen molar-refractivity contribution in [1.82, 2.24) is 15.1 Å². The van der Waals surface area contributed by atoms with Crippen LogP contribution in [0.25, 0.3) is 0 Å². The number of hydrogen-bond donors (Lipinski definition) is 1. The highest BCUT2D eigenvalue weighted by atomic mass is 35.7. The number of hydrogen-bond acceptors (Lipinski definition) is 4. The van der Waals surface area contributed by atoms with E-state index in [9.17, 15) is 13.2 Å². The van der Waals surface area contributed by atoms with Gasteiger partial charge in [-0.3, -0.25) is 9.89 Å². The first kappa shape index (κ1) is 18.0. The molecule has 1 rings (SSSR count). The van der Waals surface area contributed by atoms with Crippen molar-refractivity contribution in [3.05, 3.63) is 11.4 Å². The summed E-state index contributed by atoms with van der Waals surface area (Å²) >= 11 is 0. The number of amides is 1. The lowest BCUT2D eigenvalue weighted by molar-refractivity contribution is 0.0610. The molecule has 0 saturated carbocycles. The van der Waals surface area contributed by atoms with Gasteiger partial charge in [-0.2, -0.15) is 5.10 Å². The molecule has 21 heavy (non-hydrogen) atoms. The second-order valence-corrected chi connectivity index (χ2v) is 8.10. The minimum absolute atomic E-state index is 0.141. The molecular weight excluding hydrogens is 314 g/mol. The normalized spacial score (nSPS) is 12.5. The van der Waals surface area contributed by atoms with E-state index in [0.717, 1.165) is 6.42 Å². The van der Waals surface area contributed by atoms with Crippen LogP contribution in [0.3, 0.4) is 0 Å². The van der Waals surface area contributed by atoms with E-state index in [-0.39, 0.29) is 10.6 Å². The van der Waals surface area contributed by atoms with Crippen molar-refractivity contribution in [1.29, 1.82) is 0 Å². The molecule has 0 atom stereocenters. The van der Waals surface area contributed by atoms with Crippen LogP contribution in [0.4, 0.5) is 0 Å². The van der Waals surface area contributed by atoms with E-state index in [1.807, 2.05) is 27.7 Å². The summed E-state index contributed by atoms with van der Waals surface area (Å²) in [7, 11) is 3.07. The van der Waals surface area contributed by atoms with Crippen molar-refractivity contribution in [2.75, 3.05) is 7.05 Å². The number of nitrogens with one attached hydrogen (secondary N) is 1. The van der Waals surface area contributed by atoms with E-state index in [2.05, 4.69) is 10.2 Å². The molecule has 1 aromatic rings. The van der Waals surface area contributed by atoms with E-state index in [1.165, 1.54) is 4.90 Å². The molecule has 0 radical (unpaired) electrons. The molecule has 0 aromatic carbocycles. The van der Waals surface area contributed by atoms with Crippen LogP contribution < -0.4 is 0 Å². The third-order valence-electron chi connectivity index (χ3n) is 3.82. The van der Waals surface area contributed by atoms with Gasteiger partial charge in [0.1, 0.15) is 4.90 Å². The van der Waals surface area contributed by atoms with Crippen LogP contribution in [0.15, 0.2) is 4.90 Å². The third kappa shape index (κ3) is 3.77. The summed E-state index contributed by atoms with van der Waals surface area (Å²) in [5.74, 6) is -0.459. The maximum atomic E-state index is 12.6. The summed E-state index contributed by atoms with van der Waals surface area (Å²) in [5.41, 5.74) is -0.176. The maximum Gasteiger partial charge on any atom is 0.275 e. The molecule has 1 amide bonds. The quantitative estimate of drug-likeness (QED) is 0.810. The molecule has 6 nitrogen and oxygen atoms in total. The van der Waals surface area contributed by atoms with Crippen molar-refractivity contribution in [2.45, 2.75) is 57.4 Å². The fourth-order valence-corrected chi connectivity index (χ4v) is 3.17. The standard InChI is InChI=1S/C13H22ClN3O3S/c1-6-8-9-11(21(14,19)20)10(16-15-9)12(18)17(5)13(3,4)7-2/h6-8H2,1-5H3,(H,15,16). The van der Waals surface area contributed by atoms with Crippen LogP contribution in [0.5, 0.6) is 0 Å². The van der Waals surface area contributed by atoms with Gasteiger partial charge >= 0.3 is 0 Å². The van der Waals surface area contributed by atoms with E-state index in [0.29, 0.717) is 18.5 Å². The molecule has 0 aliphatic carbocycles. The van der Waals surface area contributed by atoms with Crippen molar-refractivity contribution in [3.63, 3.8) is 0 Å². The first-order valence-electron chi connectivity index (χ1n) is 6.86. The third-order valence-corrected chi connectivity index (χ3v) is 5.21. The average Bonchev–Trinajstić information content (AvgIpc) is 2.81. The highest BCUT2D eigenvalue weighted by Crippen LogP contribution is 2.27. The molecular formula is C13H22ClN3O3S. The maximum absolute atomic E-state index is 12.6. The summed E-state index contributed by atoms with van der Waals surface area (Å²) in [5, 5.41) is 6.52. The van der Waals surface area contributed by atoms with Crippen molar-refractivity contribution in [2.24, 2.45) is 0 Å². The van der Waals surface area contributed by atoms with Crippen LogP contribution in [-0.2, 0) is 15.5 Å². The van der Waals surface area contributed by atoms with Crippen molar-refractivity contribution in [3.8, 4) is 0 Å². The predicted molar refractivity (Wildman–Crippen MR) is 82.1 cm³/mol. The SMILES string of the molecule is CCCc1[nH]nc(C(=O)N(C)C(C)(C)CC)c1S(=O)(=O)Cl. The van der Waals surface area contributed by atoms with Gasteiger partial charge in [0, 0.05) is 23.3 Å². The van der Waals surface area contributed by atoms with Crippen LogP contribution in [0, 0.1) is 0 Å². The Bertz CT molecular complexity index is 623. The largest absolute Gasteiger partial charge is 0.335 e. The Balaban J connectivity index is 3.35. The summed E-state index contributed by atoms with van der Waals surface area (Å²) in [6.07, 6.45) is 1.90. The minimum atomic E-state index is -4.04. The Morgan fingerprint density at radius 3 is 2.38 bits per heavy atom. The number of aryl methyl sites for hydroxylation is 1. The molecule has 0 fully saturated rings. The molecule has 0 aliphatic heterocycles. The summed E-state index contributed by atoms with van der Waals surface area (Å²) < 4.78 is 23.6. The van der Waals surface area contributed by atoms with E-state index in [1.54, 1.807) is 7.05 Å². The zero-order chi connectivity index (χ0) is 16.4. The fourth-order valence-electron chi connectivity index (χ4n) is 1.87. The second kappa shape index (κ2) is 6.36. The molecule has 8 heteroatoms. The Morgan fingerprint density at radius 1 is 1.38 bits per heavy atom. The second-order valence-electron chi connectivity index (χ2n) is 5.60. The predicted octanol–water partition coefficient (Wildman–Crippen LogP) is 2.55. The molecule has 120 valence electrons. The van der Waals surface area contributed by atoms with Gasteiger partial charge in [-0.1, -0.05) is 20.3 Å². The molecule has 1 N–H and O–H groups in total. The van der Waals surface area contributed by atoms with Crippen molar-refractivity contribution >= 4 is 25.6 Å². The smallest absolute Gasteiger partial charge is 0.275 e.